The molecule has 0 radical (unpaired) electrons. The van der Waals surface area contributed by atoms with Crippen molar-refractivity contribution in [2.75, 3.05) is 6.54 Å². The van der Waals surface area contributed by atoms with Crippen LogP contribution in [0, 0.1) is 5.92 Å². The number of pyridine rings is 1. The molecule has 1 N–H and O–H groups in total. The Kier molecular flexibility index (Phi) is 8.12. The van der Waals surface area contributed by atoms with Crippen LogP contribution in [0.15, 0.2) is 41.6 Å². The standard InChI is InChI=1S/C24H21Cl2F3N4O5/c25-17-8-30-9-18(26)20(17)19(34)11-32(10-13-5-6-38-12-13)22(35)16-7-31-33(21(16)24(27,28)29)15-3-1-14(2-4-15)23(36)37/h5-9,12,14-15H,1-4,10-11H2,(H,36,37). The van der Waals surface area contributed by atoms with Crippen LogP contribution in [0.3, 0.4) is 0 Å². The molecule has 4 rings (SSSR count). The van der Waals surface area contributed by atoms with Gasteiger partial charge in [-0.1, -0.05) is 23.2 Å². The molecule has 0 aromatic carbocycles. The summed E-state index contributed by atoms with van der Waals surface area (Å²) in [5, 5.41) is 13.0. The lowest BCUT2D eigenvalue weighted by molar-refractivity contribution is -0.147. The van der Waals surface area contributed by atoms with E-state index in [1.807, 2.05) is 0 Å². The van der Waals surface area contributed by atoms with Gasteiger partial charge in [-0.2, -0.15) is 18.3 Å². The van der Waals surface area contributed by atoms with E-state index in [2.05, 4.69) is 10.1 Å². The van der Waals surface area contributed by atoms with E-state index >= 15 is 0 Å². The minimum atomic E-state index is -4.95. The van der Waals surface area contributed by atoms with Crippen LogP contribution < -0.4 is 0 Å². The first kappa shape index (κ1) is 27.6. The van der Waals surface area contributed by atoms with Gasteiger partial charge in [0.15, 0.2) is 11.5 Å². The summed E-state index contributed by atoms with van der Waals surface area (Å²) in [4.78, 5) is 42.6. The monoisotopic (exact) mass is 572 g/mol. The van der Waals surface area contributed by atoms with Gasteiger partial charge < -0.3 is 14.4 Å². The number of halogens is 5. The highest BCUT2D eigenvalue weighted by Crippen LogP contribution is 2.39. The summed E-state index contributed by atoms with van der Waals surface area (Å²) in [6.45, 7) is -0.882. The molecular weight excluding hydrogens is 552 g/mol. The summed E-state index contributed by atoms with van der Waals surface area (Å²) in [6.07, 6.45) is 1.57. The third-order valence-electron chi connectivity index (χ3n) is 6.39. The maximum atomic E-state index is 14.3. The lowest BCUT2D eigenvalue weighted by atomic mass is 9.86. The van der Waals surface area contributed by atoms with Gasteiger partial charge in [0.2, 0.25) is 0 Å². The molecule has 0 saturated heterocycles. The van der Waals surface area contributed by atoms with Crippen LogP contribution in [-0.4, -0.2) is 49.0 Å². The van der Waals surface area contributed by atoms with E-state index in [9.17, 15) is 32.7 Å². The van der Waals surface area contributed by atoms with Crippen molar-refractivity contribution in [1.82, 2.24) is 19.7 Å². The Balaban J connectivity index is 1.68. The van der Waals surface area contributed by atoms with E-state index in [0.717, 1.165) is 15.8 Å². The normalized spacial score (nSPS) is 17.8. The SMILES string of the molecule is O=C(CN(Cc1ccoc1)C(=O)c1cnn(C2CCC(C(=O)O)CC2)c1C(F)(F)F)c1c(Cl)cncc1Cl. The van der Waals surface area contributed by atoms with E-state index in [4.69, 9.17) is 27.6 Å². The molecule has 1 aliphatic carbocycles. The largest absolute Gasteiger partial charge is 0.481 e. The smallest absolute Gasteiger partial charge is 0.433 e. The first-order valence-electron chi connectivity index (χ1n) is 11.5. The fourth-order valence-corrected chi connectivity index (χ4v) is 5.12. The Morgan fingerprint density at radius 2 is 1.76 bits per heavy atom. The summed E-state index contributed by atoms with van der Waals surface area (Å²) in [6, 6.07) is 0.772. The molecule has 3 heterocycles. The van der Waals surface area contributed by atoms with Crippen molar-refractivity contribution < 1.29 is 37.1 Å². The molecule has 0 unspecified atom stereocenters. The zero-order valence-electron chi connectivity index (χ0n) is 19.6. The summed E-state index contributed by atoms with van der Waals surface area (Å²) in [5.74, 6) is -3.42. The summed E-state index contributed by atoms with van der Waals surface area (Å²) in [7, 11) is 0. The van der Waals surface area contributed by atoms with Gasteiger partial charge >= 0.3 is 12.1 Å². The van der Waals surface area contributed by atoms with Gasteiger partial charge in [0.1, 0.15) is 0 Å². The zero-order valence-corrected chi connectivity index (χ0v) is 21.1. The van der Waals surface area contributed by atoms with Crippen LogP contribution in [0.1, 0.15) is 63.7 Å². The second kappa shape index (κ2) is 11.2. The number of carbonyl (C=O) groups is 3. The van der Waals surface area contributed by atoms with Gasteiger partial charge in [-0.25, -0.2) is 0 Å². The van der Waals surface area contributed by atoms with Crippen molar-refractivity contribution in [3.05, 3.63) is 69.6 Å². The van der Waals surface area contributed by atoms with Crippen molar-refractivity contribution in [2.45, 2.75) is 44.4 Å². The summed E-state index contributed by atoms with van der Waals surface area (Å²) in [5.41, 5.74) is -1.67. The molecule has 0 bridgehead atoms. The highest BCUT2D eigenvalue weighted by atomic mass is 35.5. The fourth-order valence-electron chi connectivity index (χ4n) is 4.55. The molecule has 1 amide bonds. The molecule has 1 aliphatic rings. The number of alkyl halides is 3. The Bertz CT molecular complexity index is 1320. The number of hydrogen-bond donors (Lipinski definition) is 1. The number of carboxylic acids is 1. The minimum Gasteiger partial charge on any atom is -0.481 e. The molecule has 9 nitrogen and oxygen atoms in total. The lowest BCUT2D eigenvalue weighted by Crippen LogP contribution is -2.36. The van der Waals surface area contributed by atoms with E-state index in [1.165, 1.54) is 31.0 Å². The lowest BCUT2D eigenvalue weighted by Gasteiger charge is -2.28. The van der Waals surface area contributed by atoms with Gasteiger partial charge in [0.25, 0.3) is 5.91 Å². The maximum absolute atomic E-state index is 14.3. The fraction of sp³-hybridized carbons (Fsp3) is 0.375. The second-order valence-corrected chi connectivity index (χ2v) is 9.70. The summed E-state index contributed by atoms with van der Waals surface area (Å²) < 4.78 is 48.6. The number of rotatable bonds is 8. The predicted octanol–water partition coefficient (Wildman–Crippen LogP) is 5.54. The van der Waals surface area contributed by atoms with E-state index in [0.29, 0.717) is 5.56 Å². The number of amides is 1. The third-order valence-corrected chi connectivity index (χ3v) is 6.97. The molecular formula is C24H21Cl2F3N4O5. The number of aromatic nitrogens is 3. The van der Waals surface area contributed by atoms with Crippen LogP contribution in [-0.2, 0) is 17.5 Å². The van der Waals surface area contributed by atoms with Crippen LogP contribution in [0.5, 0.6) is 0 Å². The highest BCUT2D eigenvalue weighted by molar-refractivity contribution is 6.39. The molecule has 1 fully saturated rings. The van der Waals surface area contributed by atoms with Crippen LogP contribution in [0.2, 0.25) is 10.0 Å². The number of ketones is 1. The molecule has 202 valence electrons. The van der Waals surface area contributed by atoms with Gasteiger partial charge in [-0.15, -0.1) is 0 Å². The number of carboxylic acid groups (broad SMARTS) is 1. The molecule has 38 heavy (non-hydrogen) atoms. The molecule has 14 heteroatoms. The average Bonchev–Trinajstić information content (AvgIpc) is 3.53. The molecule has 0 aliphatic heterocycles. The Labute approximate surface area is 224 Å². The molecule has 3 aromatic heterocycles. The number of aliphatic carboxylic acids is 1. The first-order chi connectivity index (χ1) is 18.0. The average molecular weight is 573 g/mol. The third kappa shape index (κ3) is 5.86. The second-order valence-electron chi connectivity index (χ2n) is 8.89. The Morgan fingerprint density at radius 1 is 1.11 bits per heavy atom. The topological polar surface area (TPSA) is 119 Å². The molecule has 0 atom stereocenters. The van der Waals surface area contributed by atoms with Gasteiger partial charge in [0, 0.05) is 24.5 Å². The Morgan fingerprint density at radius 3 is 2.32 bits per heavy atom. The van der Waals surface area contributed by atoms with Gasteiger partial charge in [0.05, 0.1) is 58.4 Å². The number of nitrogens with zero attached hydrogens (tertiary/aromatic N) is 4. The maximum Gasteiger partial charge on any atom is 0.433 e. The highest BCUT2D eigenvalue weighted by Gasteiger charge is 2.43. The van der Waals surface area contributed by atoms with Crippen molar-refractivity contribution in [1.29, 1.82) is 0 Å². The zero-order chi connectivity index (χ0) is 27.6. The van der Waals surface area contributed by atoms with E-state index < -0.39 is 53.6 Å². The molecule has 3 aromatic rings. The summed E-state index contributed by atoms with van der Waals surface area (Å²) >= 11 is 12.1. The number of furan rings is 1. The van der Waals surface area contributed by atoms with Gasteiger partial charge in [-0.05, 0) is 31.7 Å². The minimum absolute atomic E-state index is 0.0704. The quantitative estimate of drug-likeness (QED) is 0.352. The van der Waals surface area contributed by atoms with Crippen molar-refractivity contribution >= 4 is 40.9 Å². The Hall–Kier alpha value is -3.38. The van der Waals surface area contributed by atoms with Crippen molar-refractivity contribution in [2.24, 2.45) is 5.92 Å². The van der Waals surface area contributed by atoms with Crippen LogP contribution in [0.25, 0.3) is 0 Å². The van der Waals surface area contributed by atoms with Crippen LogP contribution in [0.4, 0.5) is 13.2 Å². The molecule has 1 saturated carbocycles. The van der Waals surface area contributed by atoms with Gasteiger partial charge in [-0.3, -0.25) is 24.0 Å². The number of Topliss-reactive ketones (excluding diaryl/α,β-unsaturated/α-hetero) is 1. The molecule has 0 spiro atoms. The van der Waals surface area contributed by atoms with Crippen LogP contribution >= 0.6 is 23.2 Å². The van der Waals surface area contributed by atoms with E-state index in [-0.39, 0.29) is 47.8 Å². The number of hydrogen-bond acceptors (Lipinski definition) is 6. The van der Waals surface area contributed by atoms with Crippen molar-refractivity contribution in [3.8, 4) is 0 Å². The predicted molar refractivity (Wildman–Crippen MR) is 128 cm³/mol. The first-order valence-corrected chi connectivity index (χ1v) is 12.2. The number of carbonyl (C=O) groups excluding carboxylic acids is 2. The van der Waals surface area contributed by atoms with E-state index in [1.54, 1.807) is 0 Å². The van der Waals surface area contributed by atoms with Crippen molar-refractivity contribution in [3.63, 3.8) is 0 Å².